The summed E-state index contributed by atoms with van der Waals surface area (Å²) < 4.78 is 5.69. The van der Waals surface area contributed by atoms with Gasteiger partial charge in [0.15, 0.2) is 0 Å². The lowest BCUT2D eigenvalue weighted by Crippen LogP contribution is -2.32. The molecule has 1 aliphatic rings. The number of ether oxygens (including phenoxy) is 1. The molecule has 0 aromatic heterocycles. The fourth-order valence-electron chi connectivity index (χ4n) is 2.54. The van der Waals surface area contributed by atoms with E-state index in [1.54, 1.807) is 0 Å². The number of benzene rings is 1. The second-order valence-electron chi connectivity index (χ2n) is 5.09. The van der Waals surface area contributed by atoms with E-state index in [-0.39, 0.29) is 0 Å². The van der Waals surface area contributed by atoms with Crippen LogP contribution in [0.4, 0.5) is 0 Å². The number of aliphatic hydroxyl groups excluding tert-OH is 1. The van der Waals surface area contributed by atoms with Crippen molar-refractivity contribution in [1.82, 2.24) is 0 Å². The van der Waals surface area contributed by atoms with Gasteiger partial charge >= 0.3 is 0 Å². The highest BCUT2D eigenvalue weighted by Crippen LogP contribution is 2.37. The van der Waals surface area contributed by atoms with E-state index < -0.39 is 11.7 Å². The Labute approximate surface area is 97.3 Å². The van der Waals surface area contributed by atoms with Crippen molar-refractivity contribution in [2.24, 2.45) is 0 Å². The summed E-state index contributed by atoms with van der Waals surface area (Å²) in [5.74, 6) is 0. The number of aliphatic hydroxyl groups is 1. The SMILES string of the molecule is Cc1cc(C)cc(C(O)C2(C)CCCO2)c1. The van der Waals surface area contributed by atoms with E-state index in [0.717, 1.165) is 25.0 Å². The lowest BCUT2D eigenvalue weighted by atomic mass is 9.89. The molecule has 1 fully saturated rings. The average molecular weight is 220 g/mol. The first-order chi connectivity index (χ1) is 7.51. The predicted octanol–water partition coefficient (Wildman–Crippen LogP) is 2.91. The molecule has 0 radical (unpaired) electrons. The summed E-state index contributed by atoms with van der Waals surface area (Å²) in [6.07, 6.45) is 1.45. The summed E-state index contributed by atoms with van der Waals surface area (Å²) in [7, 11) is 0. The smallest absolute Gasteiger partial charge is 0.108 e. The summed E-state index contributed by atoms with van der Waals surface area (Å²) >= 11 is 0. The third-order valence-electron chi connectivity index (χ3n) is 3.39. The first-order valence-electron chi connectivity index (χ1n) is 5.91. The van der Waals surface area contributed by atoms with Crippen molar-refractivity contribution in [2.45, 2.75) is 45.3 Å². The van der Waals surface area contributed by atoms with Crippen molar-refractivity contribution in [3.63, 3.8) is 0 Å². The van der Waals surface area contributed by atoms with Crippen LogP contribution in [-0.2, 0) is 4.74 Å². The van der Waals surface area contributed by atoms with Gasteiger partial charge in [-0.1, -0.05) is 29.3 Å². The third kappa shape index (κ3) is 2.13. The van der Waals surface area contributed by atoms with Gasteiger partial charge in [-0.15, -0.1) is 0 Å². The maximum atomic E-state index is 10.4. The minimum Gasteiger partial charge on any atom is -0.385 e. The summed E-state index contributed by atoms with van der Waals surface area (Å²) in [5.41, 5.74) is 2.95. The van der Waals surface area contributed by atoms with E-state index in [0.29, 0.717) is 0 Å². The molecule has 0 aliphatic carbocycles. The number of hydrogen-bond donors (Lipinski definition) is 1. The molecule has 88 valence electrons. The maximum absolute atomic E-state index is 10.4. The number of rotatable bonds is 2. The molecule has 2 atom stereocenters. The van der Waals surface area contributed by atoms with E-state index in [9.17, 15) is 5.11 Å². The zero-order valence-electron chi connectivity index (χ0n) is 10.3. The molecule has 0 spiro atoms. The highest BCUT2D eigenvalue weighted by molar-refractivity contribution is 5.31. The van der Waals surface area contributed by atoms with Crippen LogP contribution >= 0.6 is 0 Å². The Hall–Kier alpha value is -0.860. The minimum atomic E-state index is -0.520. The largest absolute Gasteiger partial charge is 0.385 e. The highest BCUT2D eigenvalue weighted by Gasteiger charge is 2.38. The predicted molar refractivity (Wildman–Crippen MR) is 64.5 cm³/mol. The quantitative estimate of drug-likeness (QED) is 0.830. The molecule has 0 bridgehead atoms. The number of hydrogen-bond acceptors (Lipinski definition) is 2. The number of aryl methyl sites for hydroxylation is 2. The third-order valence-corrected chi connectivity index (χ3v) is 3.39. The van der Waals surface area contributed by atoms with Gasteiger partial charge < -0.3 is 9.84 Å². The van der Waals surface area contributed by atoms with Crippen LogP contribution in [0.15, 0.2) is 18.2 Å². The van der Waals surface area contributed by atoms with Gasteiger partial charge in [0.25, 0.3) is 0 Å². The highest BCUT2D eigenvalue weighted by atomic mass is 16.5. The van der Waals surface area contributed by atoms with Crippen molar-refractivity contribution in [1.29, 1.82) is 0 Å². The molecule has 2 rings (SSSR count). The molecule has 2 heteroatoms. The zero-order valence-corrected chi connectivity index (χ0v) is 10.3. The fraction of sp³-hybridized carbons (Fsp3) is 0.571. The first-order valence-corrected chi connectivity index (χ1v) is 5.91. The Morgan fingerprint density at radius 3 is 2.38 bits per heavy atom. The van der Waals surface area contributed by atoms with Gasteiger partial charge in [0, 0.05) is 6.61 Å². The van der Waals surface area contributed by atoms with Crippen LogP contribution in [0.25, 0.3) is 0 Å². The standard InChI is InChI=1S/C14H20O2/c1-10-7-11(2)9-12(8-10)13(15)14(3)5-4-6-16-14/h7-9,13,15H,4-6H2,1-3H3. The van der Waals surface area contributed by atoms with Crippen molar-refractivity contribution in [3.8, 4) is 0 Å². The Morgan fingerprint density at radius 1 is 1.25 bits per heavy atom. The van der Waals surface area contributed by atoms with Crippen LogP contribution < -0.4 is 0 Å². The Kier molecular flexibility index (Phi) is 3.04. The van der Waals surface area contributed by atoms with Gasteiger partial charge in [-0.25, -0.2) is 0 Å². The van der Waals surface area contributed by atoms with Gasteiger partial charge in [0.1, 0.15) is 6.10 Å². The summed E-state index contributed by atoms with van der Waals surface area (Å²) in [6.45, 7) is 6.88. The second-order valence-corrected chi connectivity index (χ2v) is 5.09. The Bertz CT molecular complexity index is 358. The van der Waals surface area contributed by atoms with E-state index in [2.05, 4.69) is 19.9 Å². The lowest BCUT2D eigenvalue weighted by molar-refractivity contribution is -0.0796. The lowest BCUT2D eigenvalue weighted by Gasteiger charge is -2.30. The van der Waals surface area contributed by atoms with Crippen LogP contribution in [0.5, 0.6) is 0 Å². The molecule has 1 heterocycles. The van der Waals surface area contributed by atoms with Gasteiger partial charge in [-0.05, 0) is 39.2 Å². The molecule has 1 aromatic carbocycles. The molecule has 0 amide bonds. The topological polar surface area (TPSA) is 29.5 Å². The van der Waals surface area contributed by atoms with Gasteiger partial charge in [0.05, 0.1) is 5.60 Å². The average Bonchev–Trinajstić information content (AvgIpc) is 2.64. The monoisotopic (exact) mass is 220 g/mol. The van der Waals surface area contributed by atoms with Crippen molar-refractivity contribution in [2.75, 3.05) is 6.61 Å². The van der Waals surface area contributed by atoms with Gasteiger partial charge in [-0.3, -0.25) is 0 Å². The molecule has 1 N–H and O–H groups in total. The van der Waals surface area contributed by atoms with E-state index in [4.69, 9.17) is 4.74 Å². The van der Waals surface area contributed by atoms with E-state index >= 15 is 0 Å². The van der Waals surface area contributed by atoms with Crippen LogP contribution in [0.3, 0.4) is 0 Å². The van der Waals surface area contributed by atoms with Crippen molar-refractivity contribution in [3.05, 3.63) is 34.9 Å². The van der Waals surface area contributed by atoms with Crippen LogP contribution in [-0.4, -0.2) is 17.3 Å². The van der Waals surface area contributed by atoms with Crippen LogP contribution in [0, 0.1) is 13.8 Å². The molecule has 0 saturated carbocycles. The zero-order chi connectivity index (χ0) is 11.8. The summed E-state index contributed by atoms with van der Waals surface area (Å²) in [5, 5.41) is 10.4. The maximum Gasteiger partial charge on any atom is 0.108 e. The molecule has 1 saturated heterocycles. The first kappa shape index (κ1) is 11.6. The van der Waals surface area contributed by atoms with E-state index in [1.807, 2.05) is 19.1 Å². The van der Waals surface area contributed by atoms with Crippen LogP contribution in [0.1, 0.15) is 42.6 Å². The normalized spacial score (nSPS) is 27.0. The van der Waals surface area contributed by atoms with Crippen molar-refractivity contribution >= 4 is 0 Å². The molecule has 1 aromatic rings. The van der Waals surface area contributed by atoms with Gasteiger partial charge in [0.2, 0.25) is 0 Å². The minimum absolute atomic E-state index is 0.403. The molecule has 16 heavy (non-hydrogen) atoms. The van der Waals surface area contributed by atoms with Crippen LogP contribution in [0.2, 0.25) is 0 Å². The Balaban J connectivity index is 2.29. The molecule has 2 nitrogen and oxygen atoms in total. The summed E-state index contributed by atoms with van der Waals surface area (Å²) in [4.78, 5) is 0. The molecule has 1 aliphatic heterocycles. The summed E-state index contributed by atoms with van der Waals surface area (Å²) in [6, 6.07) is 6.21. The second kappa shape index (κ2) is 4.19. The molecular formula is C14H20O2. The van der Waals surface area contributed by atoms with E-state index in [1.165, 1.54) is 11.1 Å². The van der Waals surface area contributed by atoms with Gasteiger partial charge in [-0.2, -0.15) is 0 Å². The van der Waals surface area contributed by atoms with Crippen molar-refractivity contribution < 1.29 is 9.84 Å². The fourth-order valence-corrected chi connectivity index (χ4v) is 2.54. The molecular weight excluding hydrogens is 200 g/mol. The molecule has 2 unspecified atom stereocenters. The Morgan fingerprint density at radius 2 is 1.88 bits per heavy atom.